The van der Waals surface area contributed by atoms with E-state index in [1.807, 2.05) is 24.8 Å². The highest BCUT2D eigenvalue weighted by Crippen LogP contribution is 2.46. The molecule has 50 heavy (non-hydrogen) atoms. The van der Waals surface area contributed by atoms with E-state index in [2.05, 4.69) is 168 Å². The fraction of sp³-hybridized carbons (Fsp3) is 0. The fourth-order valence-corrected chi connectivity index (χ4v) is 8.04. The van der Waals surface area contributed by atoms with Crippen molar-refractivity contribution < 1.29 is 0 Å². The lowest BCUT2D eigenvalue weighted by Gasteiger charge is -2.19. The van der Waals surface area contributed by atoms with Crippen LogP contribution in [0.25, 0.3) is 98.4 Å². The van der Waals surface area contributed by atoms with Gasteiger partial charge in [-0.15, -0.1) is 0 Å². The van der Waals surface area contributed by atoms with Crippen molar-refractivity contribution in [3.8, 4) is 44.5 Å². The SMILES string of the molecule is c1ccc(-c2c3ccccc3c(-c3ccc(-c4c5ccccc5c(-c5ccc6ccccc6c5)c5ccncc45)cc3)c3cnccc23)cc1. The Labute approximate surface area is 290 Å². The van der Waals surface area contributed by atoms with Gasteiger partial charge in [0.25, 0.3) is 0 Å². The number of fused-ring (bicyclic) bond motifs is 5. The third-order valence-electron chi connectivity index (χ3n) is 10.2. The quantitative estimate of drug-likeness (QED) is 0.180. The molecule has 2 nitrogen and oxygen atoms in total. The van der Waals surface area contributed by atoms with Gasteiger partial charge in [-0.1, -0.05) is 140 Å². The fourth-order valence-electron chi connectivity index (χ4n) is 8.04. The predicted molar refractivity (Wildman–Crippen MR) is 211 cm³/mol. The summed E-state index contributed by atoms with van der Waals surface area (Å²) in [5.74, 6) is 0. The van der Waals surface area contributed by atoms with Crippen LogP contribution in [0.1, 0.15) is 0 Å². The van der Waals surface area contributed by atoms with E-state index in [0.29, 0.717) is 0 Å². The van der Waals surface area contributed by atoms with E-state index in [0.717, 1.165) is 10.8 Å². The monoisotopic (exact) mass is 634 g/mol. The molecule has 0 atom stereocenters. The summed E-state index contributed by atoms with van der Waals surface area (Å²) >= 11 is 0. The van der Waals surface area contributed by atoms with Gasteiger partial charge in [0.05, 0.1) is 0 Å². The first-order chi connectivity index (χ1) is 24.8. The molecule has 0 aliphatic heterocycles. The minimum absolute atomic E-state index is 1.15. The minimum Gasteiger partial charge on any atom is -0.264 e. The predicted octanol–water partition coefficient (Wildman–Crippen LogP) is 12.9. The van der Waals surface area contributed by atoms with Crippen LogP contribution in [0.4, 0.5) is 0 Å². The van der Waals surface area contributed by atoms with Gasteiger partial charge < -0.3 is 0 Å². The van der Waals surface area contributed by atoms with Crippen molar-refractivity contribution in [3.05, 3.63) is 183 Å². The van der Waals surface area contributed by atoms with Crippen molar-refractivity contribution in [3.63, 3.8) is 0 Å². The summed E-state index contributed by atoms with van der Waals surface area (Å²) in [6.07, 6.45) is 7.88. The first-order valence-corrected chi connectivity index (χ1v) is 17.1. The van der Waals surface area contributed by atoms with Crippen LogP contribution < -0.4 is 0 Å². The molecule has 0 aliphatic carbocycles. The van der Waals surface area contributed by atoms with Crippen LogP contribution in [0.3, 0.4) is 0 Å². The van der Waals surface area contributed by atoms with Crippen molar-refractivity contribution >= 4 is 53.9 Å². The van der Waals surface area contributed by atoms with Gasteiger partial charge in [-0.3, -0.25) is 9.97 Å². The number of nitrogens with zero attached hydrogens (tertiary/aromatic N) is 2. The third kappa shape index (κ3) is 4.43. The number of benzene rings is 8. The zero-order valence-corrected chi connectivity index (χ0v) is 27.2. The summed E-state index contributed by atoms with van der Waals surface area (Å²) in [5.41, 5.74) is 9.66. The van der Waals surface area contributed by atoms with Crippen LogP contribution >= 0.6 is 0 Å². The Morgan fingerprint density at radius 3 is 1.18 bits per heavy atom. The van der Waals surface area contributed by atoms with Gasteiger partial charge in [0.15, 0.2) is 0 Å². The van der Waals surface area contributed by atoms with E-state index in [1.165, 1.54) is 87.6 Å². The van der Waals surface area contributed by atoms with Crippen LogP contribution in [0.15, 0.2) is 183 Å². The molecule has 0 saturated heterocycles. The molecule has 0 fully saturated rings. The molecule has 2 heteroatoms. The van der Waals surface area contributed by atoms with Gasteiger partial charge in [-0.2, -0.15) is 0 Å². The van der Waals surface area contributed by atoms with Crippen molar-refractivity contribution in [2.75, 3.05) is 0 Å². The zero-order valence-electron chi connectivity index (χ0n) is 27.2. The third-order valence-corrected chi connectivity index (χ3v) is 10.2. The Morgan fingerprint density at radius 2 is 0.640 bits per heavy atom. The molecule has 10 aromatic rings. The molecule has 0 amide bonds. The van der Waals surface area contributed by atoms with Crippen LogP contribution in [-0.2, 0) is 0 Å². The molecule has 0 unspecified atom stereocenters. The molecule has 8 aromatic carbocycles. The highest BCUT2D eigenvalue weighted by atomic mass is 14.6. The molecule has 232 valence electrons. The van der Waals surface area contributed by atoms with E-state index in [-0.39, 0.29) is 0 Å². The van der Waals surface area contributed by atoms with Crippen molar-refractivity contribution in [1.82, 2.24) is 9.97 Å². The lowest BCUT2D eigenvalue weighted by molar-refractivity contribution is 1.37. The summed E-state index contributed by atoms with van der Waals surface area (Å²) in [7, 11) is 0. The van der Waals surface area contributed by atoms with Crippen molar-refractivity contribution in [2.45, 2.75) is 0 Å². The van der Waals surface area contributed by atoms with E-state index in [9.17, 15) is 0 Å². The minimum atomic E-state index is 1.15. The van der Waals surface area contributed by atoms with E-state index < -0.39 is 0 Å². The maximum atomic E-state index is 4.65. The Kier molecular flexibility index (Phi) is 6.53. The maximum Gasteiger partial charge on any atom is 0.0353 e. The largest absolute Gasteiger partial charge is 0.264 e. The van der Waals surface area contributed by atoms with Gasteiger partial charge >= 0.3 is 0 Å². The standard InChI is InChI=1S/C48H30N2/c1-2-11-32(12-3-1)45-37-14-6-7-15-38(37)46(43-29-49-26-24-41(43)45)33-19-21-34(22-20-33)47-39-16-8-9-17-40(39)48(42-25-27-50-30-44(42)47)36-23-18-31-10-4-5-13-35(31)28-36/h1-30H. The molecule has 0 aliphatic rings. The highest BCUT2D eigenvalue weighted by molar-refractivity contribution is 6.23. The number of aromatic nitrogens is 2. The molecular weight excluding hydrogens is 605 g/mol. The smallest absolute Gasteiger partial charge is 0.0353 e. The Hall–Kier alpha value is -6.64. The van der Waals surface area contributed by atoms with Crippen molar-refractivity contribution in [1.29, 1.82) is 0 Å². The summed E-state index contributed by atoms with van der Waals surface area (Å²) in [6.45, 7) is 0. The average Bonchev–Trinajstić information content (AvgIpc) is 3.19. The van der Waals surface area contributed by atoms with Crippen LogP contribution in [0.2, 0.25) is 0 Å². The topological polar surface area (TPSA) is 25.8 Å². The molecular formula is C48H30N2. The average molecular weight is 635 g/mol. The Bertz CT molecular complexity index is 2790. The molecule has 0 saturated carbocycles. The van der Waals surface area contributed by atoms with E-state index in [1.54, 1.807) is 0 Å². The Morgan fingerprint density at radius 1 is 0.260 bits per heavy atom. The summed E-state index contributed by atoms with van der Waals surface area (Å²) in [6, 6.07) is 57.1. The molecule has 0 bridgehead atoms. The second-order valence-corrected chi connectivity index (χ2v) is 12.9. The van der Waals surface area contributed by atoms with E-state index in [4.69, 9.17) is 0 Å². The van der Waals surface area contributed by atoms with Gasteiger partial charge in [-0.25, -0.2) is 0 Å². The number of hydrogen-bond acceptors (Lipinski definition) is 2. The van der Waals surface area contributed by atoms with Gasteiger partial charge in [-0.05, 0) is 106 Å². The van der Waals surface area contributed by atoms with Gasteiger partial charge in [0.1, 0.15) is 0 Å². The van der Waals surface area contributed by atoms with Crippen molar-refractivity contribution in [2.24, 2.45) is 0 Å². The van der Waals surface area contributed by atoms with E-state index >= 15 is 0 Å². The lowest BCUT2D eigenvalue weighted by atomic mass is 9.85. The molecule has 10 rings (SSSR count). The number of rotatable bonds is 4. The molecule has 2 heterocycles. The second-order valence-electron chi connectivity index (χ2n) is 12.9. The molecule has 0 radical (unpaired) electrons. The normalized spacial score (nSPS) is 11.6. The number of pyridine rings is 2. The highest BCUT2D eigenvalue weighted by Gasteiger charge is 2.19. The van der Waals surface area contributed by atoms with Crippen LogP contribution in [-0.4, -0.2) is 9.97 Å². The number of hydrogen-bond donors (Lipinski definition) is 0. The summed E-state index contributed by atoms with van der Waals surface area (Å²) < 4.78 is 0. The first-order valence-electron chi connectivity index (χ1n) is 17.1. The van der Waals surface area contributed by atoms with Gasteiger partial charge in [0.2, 0.25) is 0 Å². The zero-order chi connectivity index (χ0) is 33.0. The summed E-state index contributed by atoms with van der Waals surface area (Å²) in [4.78, 5) is 9.27. The lowest BCUT2D eigenvalue weighted by Crippen LogP contribution is -1.93. The van der Waals surface area contributed by atoms with Crippen LogP contribution in [0, 0.1) is 0 Å². The van der Waals surface area contributed by atoms with Gasteiger partial charge in [0, 0.05) is 35.6 Å². The molecule has 0 N–H and O–H groups in total. The second kappa shape index (κ2) is 11.5. The maximum absolute atomic E-state index is 4.65. The molecule has 2 aromatic heterocycles. The summed E-state index contributed by atoms with van der Waals surface area (Å²) in [5, 5.41) is 12.1. The van der Waals surface area contributed by atoms with Crippen LogP contribution in [0.5, 0.6) is 0 Å². The molecule has 0 spiro atoms. The Balaban J connectivity index is 1.19. The first kappa shape index (κ1) is 28.4.